The van der Waals surface area contributed by atoms with Gasteiger partial charge in [0.25, 0.3) is 0 Å². The van der Waals surface area contributed by atoms with Gasteiger partial charge in [-0.1, -0.05) is 35.7 Å². The number of Topliss-reactive ketones (excluding diaryl/α,β-unsaturated/α-hetero) is 1. The fourth-order valence-electron chi connectivity index (χ4n) is 2.83. The van der Waals surface area contributed by atoms with Gasteiger partial charge in [-0.2, -0.15) is 0 Å². The molecule has 0 spiro atoms. The van der Waals surface area contributed by atoms with Crippen molar-refractivity contribution in [2.24, 2.45) is 5.41 Å². The van der Waals surface area contributed by atoms with E-state index < -0.39 is 11.4 Å². The van der Waals surface area contributed by atoms with Crippen molar-refractivity contribution < 1.29 is 14.3 Å². The molecule has 5 heteroatoms. The van der Waals surface area contributed by atoms with E-state index >= 15 is 0 Å². The molecule has 0 radical (unpaired) electrons. The minimum Gasteiger partial charge on any atom is -0.465 e. The highest BCUT2D eigenvalue weighted by atomic mass is 35.5. The number of esters is 1. The second kappa shape index (κ2) is 6.80. The highest BCUT2D eigenvalue weighted by Gasteiger charge is 2.47. The van der Waals surface area contributed by atoms with Crippen molar-refractivity contribution in [2.45, 2.75) is 39.0 Å². The van der Waals surface area contributed by atoms with Gasteiger partial charge in [0, 0.05) is 6.42 Å². The molecule has 1 aliphatic carbocycles. The predicted molar refractivity (Wildman–Crippen MR) is 82.7 cm³/mol. The molecule has 1 aliphatic rings. The lowest BCUT2D eigenvalue weighted by Crippen LogP contribution is -2.44. The van der Waals surface area contributed by atoms with Crippen LogP contribution in [0.25, 0.3) is 0 Å². The molecule has 0 bridgehead atoms. The highest BCUT2D eigenvalue weighted by molar-refractivity contribution is 6.42. The van der Waals surface area contributed by atoms with Crippen LogP contribution in [0.3, 0.4) is 0 Å². The van der Waals surface area contributed by atoms with Crippen molar-refractivity contribution in [3.63, 3.8) is 0 Å². The Morgan fingerprint density at radius 1 is 1.29 bits per heavy atom. The summed E-state index contributed by atoms with van der Waals surface area (Å²) in [5, 5.41) is 0.886. The van der Waals surface area contributed by atoms with E-state index in [1.54, 1.807) is 25.1 Å². The molecule has 0 aliphatic heterocycles. The minimum atomic E-state index is -1.06. The number of carbonyl (C=O) groups is 2. The monoisotopic (exact) mass is 328 g/mol. The summed E-state index contributed by atoms with van der Waals surface area (Å²) >= 11 is 11.9. The van der Waals surface area contributed by atoms with Crippen molar-refractivity contribution in [3.05, 3.63) is 33.8 Å². The number of hydrogen-bond acceptors (Lipinski definition) is 3. The largest absolute Gasteiger partial charge is 0.465 e. The zero-order valence-corrected chi connectivity index (χ0v) is 13.5. The summed E-state index contributed by atoms with van der Waals surface area (Å²) in [7, 11) is 0. The Morgan fingerprint density at radius 3 is 2.67 bits per heavy atom. The van der Waals surface area contributed by atoms with E-state index in [2.05, 4.69) is 0 Å². The van der Waals surface area contributed by atoms with E-state index in [1.807, 2.05) is 0 Å². The van der Waals surface area contributed by atoms with Gasteiger partial charge in [-0.25, -0.2) is 0 Å². The van der Waals surface area contributed by atoms with Crippen LogP contribution in [0.1, 0.15) is 38.2 Å². The Hall–Kier alpha value is -1.06. The van der Waals surface area contributed by atoms with E-state index in [0.29, 0.717) is 29.3 Å². The Balaban J connectivity index is 2.33. The summed E-state index contributed by atoms with van der Waals surface area (Å²) in [4.78, 5) is 24.8. The second-order valence-corrected chi connectivity index (χ2v) is 6.17. The summed E-state index contributed by atoms with van der Waals surface area (Å²) in [6.45, 7) is 2.02. The molecule has 0 N–H and O–H groups in total. The molecule has 1 aromatic carbocycles. The van der Waals surface area contributed by atoms with E-state index in [4.69, 9.17) is 27.9 Å². The lowest BCUT2D eigenvalue weighted by atomic mass is 9.69. The van der Waals surface area contributed by atoms with E-state index in [9.17, 15) is 9.59 Å². The average molecular weight is 329 g/mol. The van der Waals surface area contributed by atoms with Gasteiger partial charge < -0.3 is 4.74 Å². The zero-order valence-electron chi connectivity index (χ0n) is 12.0. The van der Waals surface area contributed by atoms with E-state index in [1.165, 1.54) is 0 Å². The first-order chi connectivity index (χ1) is 9.99. The van der Waals surface area contributed by atoms with Crippen molar-refractivity contribution in [3.8, 4) is 0 Å². The Morgan fingerprint density at radius 2 is 2.05 bits per heavy atom. The van der Waals surface area contributed by atoms with Crippen molar-refractivity contribution in [2.75, 3.05) is 6.61 Å². The third kappa shape index (κ3) is 3.41. The fraction of sp³-hybridized carbons (Fsp3) is 0.500. The molecule has 0 heterocycles. The number of ketones is 1. The van der Waals surface area contributed by atoms with E-state index in [0.717, 1.165) is 18.4 Å². The molecule has 1 atom stereocenters. The maximum absolute atomic E-state index is 12.4. The summed E-state index contributed by atoms with van der Waals surface area (Å²) < 4.78 is 5.16. The van der Waals surface area contributed by atoms with Crippen LogP contribution in [-0.4, -0.2) is 18.4 Å². The van der Waals surface area contributed by atoms with Crippen LogP contribution < -0.4 is 0 Å². The molecule has 1 aromatic rings. The molecular formula is C16H18Cl2O3. The van der Waals surface area contributed by atoms with Crippen molar-refractivity contribution >= 4 is 35.0 Å². The van der Waals surface area contributed by atoms with Crippen molar-refractivity contribution in [1.82, 2.24) is 0 Å². The third-order valence-corrected chi connectivity index (χ3v) is 4.69. The smallest absolute Gasteiger partial charge is 0.319 e. The van der Waals surface area contributed by atoms with Crippen LogP contribution in [-0.2, 0) is 20.7 Å². The summed E-state index contributed by atoms with van der Waals surface area (Å²) in [5.74, 6) is -0.445. The first-order valence-electron chi connectivity index (χ1n) is 7.14. The number of halogens is 2. The molecule has 2 rings (SSSR count). The standard InChI is InChI=1S/C16H18Cl2O3/c1-2-21-15(20)16(8-4-3-5-14(16)19)10-11-6-7-12(17)13(18)9-11/h6-7,9H,2-5,8,10H2,1H3. The maximum Gasteiger partial charge on any atom is 0.319 e. The molecular weight excluding hydrogens is 311 g/mol. The Labute approximate surface area is 134 Å². The van der Waals surface area contributed by atoms with Gasteiger partial charge in [-0.15, -0.1) is 0 Å². The third-order valence-electron chi connectivity index (χ3n) is 3.95. The van der Waals surface area contributed by atoms with Crippen LogP contribution in [0.4, 0.5) is 0 Å². The van der Waals surface area contributed by atoms with Gasteiger partial charge in [-0.05, 0) is 43.9 Å². The Bertz CT molecular complexity index is 556. The fourth-order valence-corrected chi connectivity index (χ4v) is 3.15. The van der Waals surface area contributed by atoms with Gasteiger partial charge in [0.05, 0.1) is 16.7 Å². The predicted octanol–water partition coefficient (Wildman–Crippen LogP) is 4.23. The molecule has 3 nitrogen and oxygen atoms in total. The lowest BCUT2D eigenvalue weighted by Gasteiger charge is -2.33. The molecule has 114 valence electrons. The van der Waals surface area contributed by atoms with Gasteiger partial charge in [0.2, 0.25) is 0 Å². The molecule has 1 unspecified atom stereocenters. The summed E-state index contributed by atoms with van der Waals surface area (Å²) in [6, 6.07) is 5.20. The van der Waals surface area contributed by atoms with Gasteiger partial charge in [0.1, 0.15) is 5.41 Å². The number of benzene rings is 1. The van der Waals surface area contributed by atoms with Crippen LogP contribution in [0.5, 0.6) is 0 Å². The number of rotatable bonds is 4. The quantitative estimate of drug-likeness (QED) is 0.613. The van der Waals surface area contributed by atoms with Gasteiger partial charge >= 0.3 is 5.97 Å². The SMILES string of the molecule is CCOC(=O)C1(Cc2ccc(Cl)c(Cl)c2)CCCCC1=O. The van der Waals surface area contributed by atoms with Crippen LogP contribution in [0.2, 0.25) is 10.0 Å². The Kier molecular flexibility index (Phi) is 5.28. The average Bonchev–Trinajstić information content (AvgIpc) is 2.45. The van der Waals surface area contributed by atoms with Gasteiger partial charge in [0.15, 0.2) is 5.78 Å². The molecule has 0 saturated heterocycles. The van der Waals surface area contributed by atoms with Crippen molar-refractivity contribution in [1.29, 1.82) is 0 Å². The van der Waals surface area contributed by atoms with Crippen LogP contribution >= 0.6 is 23.2 Å². The molecule has 0 amide bonds. The number of hydrogen-bond donors (Lipinski definition) is 0. The minimum absolute atomic E-state index is 0.0294. The summed E-state index contributed by atoms with van der Waals surface area (Å²) in [5.41, 5.74) is -0.237. The topological polar surface area (TPSA) is 43.4 Å². The second-order valence-electron chi connectivity index (χ2n) is 5.36. The first kappa shape index (κ1) is 16.3. The first-order valence-corrected chi connectivity index (χ1v) is 7.89. The van der Waals surface area contributed by atoms with Crippen LogP contribution in [0, 0.1) is 5.41 Å². The number of carbonyl (C=O) groups excluding carboxylic acids is 2. The molecule has 0 aromatic heterocycles. The highest BCUT2D eigenvalue weighted by Crippen LogP contribution is 2.38. The maximum atomic E-state index is 12.4. The molecule has 21 heavy (non-hydrogen) atoms. The zero-order chi connectivity index (χ0) is 15.5. The van der Waals surface area contributed by atoms with Crippen LogP contribution in [0.15, 0.2) is 18.2 Å². The van der Waals surface area contributed by atoms with E-state index in [-0.39, 0.29) is 12.4 Å². The molecule has 1 fully saturated rings. The summed E-state index contributed by atoms with van der Waals surface area (Å²) in [6.07, 6.45) is 2.97. The lowest BCUT2D eigenvalue weighted by molar-refractivity contribution is -0.162. The normalized spacial score (nSPS) is 22.1. The molecule has 1 saturated carbocycles. The number of ether oxygens (including phenoxy) is 1. The van der Waals surface area contributed by atoms with Gasteiger partial charge in [-0.3, -0.25) is 9.59 Å².